The largest absolute Gasteiger partial charge is 0.391 e. The lowest BCUT2D eigenvalue weighted by molar-refractivity contribution is -0.148. The summed E-state index contributed by atoms with van der Waals surface area (Å²) in [7, 11) is 4.77. The lowest BCUT2D eigenvalue weighted by atomic mass is 9.89. The summed E-state index contributed by atoms with van der Waals surface area (Å²) in [6, 6.07) is 6.16. The van der Waals surface area contributed by atoms with Gasteiger partial charge in [-0.1, -0.05) is 71.4 Å². The highest BCUT2D eigenvalue weighted by atomic mass is 16.5. The summed E-state index contributed by atoms with van der Waals surface area (Å²) in [6.45, 7) is 12.3. The van der Waals surface area contributed by atoms with Crippen LogP contribution in [0.2, 0.25) is 0 Å². The molecule has 0 saturated carbocycles. The monoisotopic (exact) mass is 717 g/mol. The standard InChI is InChI=1S/C38H63N5O8/c1-10-23(4)33(42(7)38(49)31(22(2)3)41-37(48)32-28(44)18-19-39-32)29(50-8)21-30(45)43-20-14-17-27(43)35(51-9)24(5)36(47)40-25(6)34(46)26-15-12-11-13-16-26/h11-13,15-16,22-25,27-29,31-35,39,44,46H,10,14,17-21H2,1-9H3,(H,40,47)(H,41,48)/t23-,24+,25+,27-,28?,29+,31-,32?,33-,34+,35+/m0/s1. The number of nitrogens with one attached hydrogen (secondary N) is 3. The summed E-state index contributed by atoms with van der Waals surface area (Å²) in [5.41, 5.74) is 0.704. The van der Waals surface area contributed by atoms with E-state index in [0.29, 0.717) is 31.5 Å². The third-order valence-corrected chi connectivity index (χ3v) is 10.9. The van der Waals surface area contributed by atoms with Gasteiger partial charge in [-0.25, -0.2) is 0 Å². The smallest absolute Gasteiger partial charge is 0.245 e. The van der Waals surface area contributed by atoms with Crippen molar-refractivity contribution in [3.05, 3.63) is 35.9 Å². The number of nitrogens with zero attached hydrogens (tertiary/aromatic N) is 2. The number of methoxy groups -OCH3 is 2. The van der Waals surface area contributed by atoms with Crippen molar-refractivity contribution < 1.29 is 38.9 Å². The van der Waals surface area contributed by atoms with Gasteiger partial charge in [0.2, 0.25) is 23.6 Å². The highest BCUT2D eigenvalue weighted by Gasteiger charge is 2.43. The predicted molar refractivity (Wildman–Crippen MR) is 194 cm³/mol. The third-order valence-electron chi connectivity index (χ3n) is 10.9. The van der Waals surface area contributed by atoms with Crippen LogP contribution in [0.5, 0.6) is 0 Å². The molecule has 11 atom stereocenters. The second-order valence-electron chi connectivity index (χ2n) is 14.8. The highest BCUT2D eigenvalue weighted by Crippen LogP contribution is 2.30. The Bertz CT molecular complexity index is 1280. The summed E-state index contributed by atoms with van der Waals surface area (Å²) >= 11 is 0. The fraction of sp³-hybridized carbons (Fsp3) is 0.737. The predicted octanol–water partition coefficient (Wildman–Crippen LogP) is 2.01. The number of benzene rings is 1. The number of aliphatic hydroxyl groups is 2. The fourth-order valence-corrected chi connectivity index (χ4v) is 7.61. The Balaban J connectivity index is 1.74. The summed E-state index contributed by atoms with van der Waals surface area (Å²) in [5, 5.41) is 29.9. The number of rotatable bonds is 18. The minimum Gasteiger partial charge on any atom is -0.391 e. The molecule has 5 N–H and O–H groups in total. The van der Waals surface area contributed by atoms with E-state index in [1.54, 1.807) is 37.8 Å². The maximum Gasteiger partial charge on any atom is 0.245 e. The van der Waals surface area contributed by atoms with E-state index in [1.165, 1.54) is 7.11 Å². The molecule has 51 heavy (non-hydrogen) atoms. The van der Waals surface area contributed by atoms with Crippen molar-refractivity contribution >= 4 is 23.6 Å². The normalized spacial score (nSPS) is 23.8. The van der Waals surface area contributed by atoms with Gasteiger partial charge in [-0.3, -0.25) is 19.2 Å². The highest BCUT2D eigenvalue weighted by molar-refractivity contribution is 5.90. The quantitative estimate of drug-likeness (QED) is 0.153. The van der Waals surface area contributed by atoms with Gasteiger partial charge in [-0.2, -0.15) is 0 Å². The number of amides is 4. The maximum absolute atomic E-state index is 14.1. The van der Waals surface area contributed by atoms with E-state index in [0.717, 1.165) is 12.8 Å². The third kappa shape index (κ3) is 10.5. The molecule has 13 nitrogen and oxygen atoms in total. The van der Waals surface area contributed by atoms with Crippen LogP contribution in [0.3, 0.4) is 0 Å². The Morgan fingerprint density at radius 1 is 1.02 bits per heavy atom. The molecule has 4 amide bonds. The number of carbonyl (C=O) groups is 4. The van der Waals surface area contributed by atoms with E-state index in [9.17, 15) is 29.4 Å². The first kappa shape index (κ1) is 42.3. The zero-order valence-corrected chi connectivity index (χ0v) is 32.0. The zero-order chi connectivity index (χ0) is 38.0. The minimum atomic E-state index is -0.883. The number of likely N-dealkylation sites (tertiary alicyclic amines) is 1. The van der Waals surface area contributed by atoms with E-state index in [2.05, 4.69) is 16.0 Å². The Morgan fingerprint density at radius 3 is 2.24 bits per heavy atom. The van der Waals surface area contributed by atoms with Crippen molar-refractivity contribution in [1.82, 2.24) is 25.8 Å². The molecule has 0 spiro atoms. The number of hydrogen-bond acceptors (Lipinski definition) is 9. The molecule has 0 aliphatic carbocycles. The Kier molecular flexibility index (Phi) is 16.3. The van der Waals surface area contributed by atoms with Crippen molar-refractivity contribution in [3.8, 4) is 0 Å². The van der Waals surface area contributed by atoms with E-state index in [4.69, 9.17) is 9.47 Å². The molecule has 1 aromatic rings. The minimum absolute atomic E-state index is 0.00777. The first-order chi connectivity index (χ1) is 24.2. The average molecular weight is 718 g/mol. The Morgan fingerprint density at radius 2 is 1.69 bits per heavy atom. The summed E-state index contributed by atoms with van der Waals surface area (Å²) in [6.07, 6.45) is -0.333. The summed E-state index contributed by atoms with van der Waals surface area (Å²) in [5.74, 6) is -2.04. The van der Waals surface area contributed by atoms with E-state index in [1.807, 2.05) is 58.0 Å². The number of aliphatic hydroxyl groups excluding tert-OH is 2. The molecule has 2 heterocycles. The van der Waals surface area contributed by atoms with Gasteiger partial charge < -0.3 is 45.4 Å². The maximum atomic E-state index is 14.1. The van der Waals surface area contributed by atoms with Crippen LogP contribution in [-0.2, 0) is 28.7 Å². The van der Waals surface area contributed by atoms with Crippen molar-refractivity contribution in [1.29, 1.82) is 0 Å². The van der Waals surface area contributed by atoms with Crippen LogP contribution in [0, 0.1) is 17.8 Å². The zero-order valence-electron chi connectivity index (χ0n) is 32.0. The molecule has 2 saturated heterocycles. The summed E-state index contributed by atoms with van der Waals surface area (Å²) < 4.78 is 11.9. The fourth-order valence-electron chi connectivity index (χ4n) is 7.61. The van der Waals surface area contributed by atoms with Crippen molar-refractivity contribution in [2.24, 2.45) is 17.8 Å². The molecule has 0 radical (unpaired) electrons. The topological polar surface area (TPSA) is 170 Å². The van der Waals surface area contributed by atoms with Gasteiger partial charge in [0.1, 0.15) is 12.1 Å². The van der Waals surface area contributed by atoms with Gasteiger partial charge in [0, 0.05) is 27.8 Å². The Labute approximate surface area is 304 Å². The van der Waals surface area contributed by atoms with Crippen LogP contribution in [0.25, 0.3) is 0 Å². The second kappa shape index (κ2) is 19.7. The number of ether oxygens (including phenoxy) is 2. The summed E-state index contributed by atoms with van der Waals surface area (Å²) in [4.78, 5) is 58.0. The molecule has 1 aromatic carbocycles. The molecule has 2 aliphatic heterocycles. The molecule has 0 aromatic heterocycles. The van der Waals surface area contributed by atoms with Crippen LogP contribution in [-0.4, -0.2) is 127 Å². The van der Waals surface area contributed by atoms with Crippen LogP contribution in [0.1, 0.15) is 85.3 Å². The SMILES string of the molecule is CC[C@H](C)[C@@H]([C@@H](CC(=O)N1CCC[C@H]1[C@H](OC)[C@@H](C)C(=O)N[C@H](C)[C@@H](O)c1ccccc1)OC)N(C)C(=O)[C@@H](NC(=O)C1NCCC1O)C(C)C. The van der Waals surface area contributed by atoms with Crippen LogP contribution in [0.15, 0.2) is 30.3 Å². The van der Waals surface area contributed by atoms with Gasteiger partial charge in [0.25, 0.3) is 0 Å². The van der Waals surface area contributed by atoms with E-state index >= 15 is 0 Å². The van der Waals surface area contributed by atoms with Gasteiger partial charge >= 0.3 is 0 Å². The van der Waals surface area contributed by atoms with Gasteiger partial charge in [0.05, 0.1) is 54.9 Å². The van der Waals surface area contributed by atoms with Crippen LogP contribution in [0.4, 0.5) is 0 Å². The number of carbonyl (C=O) groups excluding carboxylic acids is 4. The van der Waals surface area contributed by atoms with Gasteiger partial charge in [-0.15, -0.1) is 0 Å². The molecule has 13 heteroatoms. The molecule has 2 aliphatic rings. The van der Waals surface area contributed by atoms with Crippen LogP contribution < -0.4 is 16.0 Å². The molecule has 2 fully saturated rings. The lowest BCUT2D eigenvalue weighted by Crippen LogP contribution is -2.59. The first-order valence-electron chi connectivity index (χ1n) is 18.5. The first-order valence-corrected chi connectivity index (χ1v) is 18.5. The van der Waals surface area contributed by atoms with Crippen LogP contribution >= 0.6 is 0 Å². The van der Waals surface area contributed by atoms with Crippen molar-refractivity contribution in [2.45, 2.75) is 128 Å². The van der Waals surface area contributed by atoms with E-state index < -0.39 is 60.4 Å². The Hall–Kier alpha value is -3.10. The van der Waals surface area contributed by atoms with Crippen molar-refractivity contribution in [2.75, 3.05) is 34.4 Å². The molecule has 288 valence electrons. The molecular weight excluding hydrogens is 654 g/mol. The molecule has 0 bridgehead atoms. The van der Waals surface area contributed by atoms with Gasteiger partial charge in [0.15, 0.2) is 0 Å². The average Bonchev–Trinajstić information content (AvgIpc) is 3.79. The number of likely N-dealkylation sites (N-methyl/N-ethyl adjacent to an activating group) is 1. The number of hydrogen-bond donors (Lipinski definition) is 5. The van der Waals surface area contributed by atoms with Gasteiger partial charge in [-0.05, 0) is 50.1 Å². The van der Waals surface area contributed by atoms with E-state index in [-0.39, 0.29) is 42.0 Å². The molecular formula is C38H63N5O8. The molecule has 2 unspecified atom stereocenters. The lowest BCUT2D eigenvalue weighted by Gasteiger charge is -2.41. The molecule has 3 rings (SSSR count). The second-order valence-corrected chi connectivity index (χ2v) is 14.8. The van der Waals surface area contributed by atoms with Crippen molar-refractivity contribution in [3.63, 3.8) is 0 Å².